The van der Waals surface area contributed by atoms with Crippen LogP contribution >= 0.6 is 0 Å². The zero-order valence-electron chi connectivity index (χ0n) is 21.5. The molecule has 0 saturated carbocycles. The van der Waals surface area contributed by atoms with Gasteiger partial charge in [0.15, 0.2) is 5.82 Å². The summed E-state index contributed by atoms with van der Waals surface area (Å²) in [6.45, 7) is 4.30. The first-order valence-electron chi connectivity index (χ1n) is 11.8. The number of rotatable bonds is 9. The lowest BCUT2D eigenvalue weighted by molar-refractivity contribution is -0.111. The Morgan fingerprint density at radius 1 is 1.16 bits per heavy atom. The second-order valence-corrected chi connectivity index (χ2v) is 8.56. The van der Waals surface area contributed by atoms with E-state index in [0.717, 1.165) is 5.56 Å². The minimum Gasteiger partial charge on any atom is -0.490 e. The topological polar surface area (TPSA) is 102 Å². The maximum absolute atomic E-state index is 16.0. The molecule has 2 aromatic heterocycles. The highest BCUT2D eigenvalue weighted by Gasteiger charge is 2.21. The van der Waals surface area contributed by atoms with E-state index in [-0.39, 0.29) is 29.2 Å². The monoisotopic (exact) mass is 514 g/mol. The van der Waals surface area contributed by atoms with Gasteiger partial charge in [0.05, 0.1) is 17.1 Å². The standard InChI is InChI=1S/C28H27FN6O3/c1-5-7-24(36)34-27-23(37-13-12-35(3)4)15-21-25(26(27)29)28(32-17-31-21)33-19-9-10-22(18(2)14-19)38-20-8-6-11-30-16-20/h6,8-11,14-17H,12-13H2,1-4H3,(H,34,36)(H,31,32,33). The van der Waals surface area contributed by atoms with Gasteiger partial charge in [0.25, 0.3) is 5.91 Å². The smallest absolute Gasteiger partial charge is 0.300 e. The van der Waals surface area contributed by atoms with Crippen molar-refractivity contribution in [2.45, 2.75) is 13.8 Å². The zero-order valence-corrected chi connectivity index (χ0v) is 21.5. The second kappa shape index (κ2) is 12.0. The average Bonchev–Trinajstić information content (AvgIpc) is 2.88. The Labute approximate surface area is 220 Å². The van der Waals surface area contributed by atoms with Gasteiger partial charge in [-0.2, -0.15) is 0 Å². The molecule has 9 nitrogen and oxygen atoms in total. The SMILES string of the molecule is CC#CC(=O)Nc1c(OCCN(C)C)cc2ncnc(Nc3ccc(Oc4cccnc4)c(C)c3)c2c1F. The van der Waals surface area contributed by atoms with E-state index in [1.807, 2.05) is 38.1 Å². The van der Waals surface area contributed by atoms with Crippen molar-refractivity contribution in [2.24, 2.45) is 0 Å². The number of hydrogen-bond acceptors (Lipinski definition) is 8. The Morgan fingerprint density at radius 3 is 2.71 bits per heavy atom. The van der Waals surface area contributed by atoms with Crippen molar-refractivity contribution in [1.29, 1.82) is 0 Å². The lowest BCUT2D eigenvalue weighted by atomic mass is 10.1. The van der Waals surface area contributed by atoms with Gasteiger partial charge in [-0.05, 0) is 69.8 Å². The van der Waals surface area contributed by atoms with E-state index in [0.29, 0.717) is 29.2 Å². The number of benzene rings is 2. The number of likely N-dealkylation sites (N-methyl/N-ethyl adjacent to an activating group) is 1. The first-order valence-corrected chi connectivity index (χ1v) is 11.8. The van der Waals surface area contributed by atoms with Crippen molar-refractivity contribution < 1.29 is 18.7 Å². The third-order valence-electron chi connectivity index (χ3n) is 5.40. The number of carbonyl (C=O) groups is 1. The summed E-state index contributed by atoms with van der Waals surface area (Å²) in [7, 11) is 3.79. The van der Waals surface area contributed by atoms with E-state index in [1.54, 1.807) is 36.7 Å². The van der Waals surface area contributed by atoms with Gasteiger partial charge < -0.3 is 25.0 Å². The highest BCUT2D eigenvalue weighted by Crippen LogP contribution is 2.37. The molecule has 0 fully saturated rings. The number of carbonyl (C=O) groups excluding carboxylic acids is 1. The molecule has 4 rings (SSSR count). The van der Waals surface area contributed by atoms with Crippen molar-refractivity contribution in [1.82, 2.24) is 19.9 Å². The minimum absolute atomic E-state index is 0.0977. The van der Waals surface area contributed by atoms with Crippen LogP contribution < -0.4 is 20.1 Å². The number of nitrogens with one attached hydrogen (secondary N) is 2. The Balaban J connectivity index is 1.69. The maximum Gasteiger partial charge on any atom is 0.300 e. The highest BCUT2D eigenvalue weighted by atomic mass is 19.1. The van der Waals surface area contributed by atoms with Crippen LogP contribution in [0.15, 0.2) is 55.1 Å². The van der Waals surface area contributed by atoms with Gasteiger partial charge in [0.2, 0.25) is 0 Å². The van der Waals surface area contributed by atoms with E-state index in [2.05, 4.69) is 37.4 Å². The largest absolute Gasteiger partial charge is 0.490 e. The van der Waals surface area contributed by atoms with Gasteiger partial charge >= 0.3 is 0 Å². The fourth-order valence-corrected chi connectivity index (χ4v) is 3.59. The molecule has 194 valence electrons. The average molecular weight is 515 g/mol. The molecule has 10 heteroatoms. The molecular weight excluding hydrogens is 487 g/mol. The summed E-state index contributed by atoms with van der Waals surface area (Å²) in [6.07, 6.45) is 4.63. The van der Waals surface area contributed by atoms with Crippen molar-refractivity contribution in [3.05, 3.63) is 66.5 Å². The minimum atomic E-state index is -0.732. The maximum atomic E-state index is 16.0. The molecule has 0 saturated heterocycles. The van der Waals surface area contributed by atoms with Crippen LogP contribution in [0.25, 0.3) is 10.9 Å². The third kappa shape index (κ3) is 6.32. The molecule has 38 heavy (non-hydrogen) atoms. The van der Waals surface area contributed by atoms with Gasteiger partial charge in [-0.1, -0.05) is 5.92 Å². The number of fused-ring (bicyclic) bond motifs is 1. The van der Waals surface area contributed by atoms with Crippen LogP contribution in [-0.2, 0) is 4.79 Å². The van der Waals surface area contributed by atoms with Gasteiger partial charge in [-0.15, -0.1) is 0 Å². The number of hydrogen-bond donors (Lipinski definition) is 2. The normalized spacial score (nSPS) is 10.6. The Kier molecular flexibility index (Phi) is 8.30. The van der Waals surface area contributed by atoms with E-state index >= 15 is 4.39 Å². The summed E-state index contributed by atoms with van der Waals surface area (Å²) in [5.74, 6) is 5.13. The van der Waals surface area contributed by atoms with E-state index < -0.39 is 11.7 Å². The number of pyridine rings is 1. The van der Waals surface area contributed by atoms with Crippen LogP contribution in [0.4, 0.5) is 21.6 Å². The zero-order chi connectivity index (χ0) is 27.1. The lowest BCUT2D eigenvalue weighted by Crippen LogP contribution is -2.20. The van der Waals surface area contributed by atoms with Crippen molar-refractivity contribution in [3.63, 3.8) is 0 Å². The molecule has 2 aromatic carbocycles. The van der Waals surface area contributed by atoms with E-state index in [9.17, 15) is 4.79 Å². The predicted octanol–water partition coefficient (Wildman–Crippen LogP) is 4.91. The lowest BCUT2D eigenvalue weighted by Gasteiger charge is -2.17. The van der Waals surface area contributed by atoms with Crippen molar-refractivity contribution in [3.8, 4) is 29.1 Å². The summed E-state index contributed by atoms with van der Waals surface area (Å²) in [5, 5.41) is 5.76. The van der Waals surface area contributed by atoms with Crippen LogP contribution in [0.2, 0.25) is 0 Å². The molecular formula is C28H27FN6O3. The third-order valence-corrected chi connectivity index (χ3v) is 5.40. The molecule has 0 unspecified atom stereocenters. The molecule has 0 aliphatic carbocycles. The number of ether oxygens (including phenoxy) is 2. The van der Waals surface area contributed by atoms with Gasteiger partial charge in [0.1, 0.15) is 41.7 Å². The van der Waals surface area contributed by atoms with Gasteiger partial charge in [-0.3, -0.25) is 9.78 Å². The Morgan fingerprint density at radius 2 is 2.00 bits per heavy atom. The van der Waals surface area contributed by atoms with Crippen LogP contribution in [-0.4, -0.2) is 53.0 Å². The van der Waals surface area contributed by atoms with Gasteiger partial charge in [0, 0.05) is 24.5 Å². The van der Waals surface area contributed by atoms with Crippen LogP contribution in [0, 0.1) is 24.6 Å². The quantitative estimate of drug-likeness (QED) is 0.304. The number of halogens is 1. The number of anilines is 3. The van der Waals surface area contributed by atoms with Gasteiger partial charge in [-0.25, -0.2) is 14.4 Å². The summed E-state index contributed by atoms with van der Waals surface area (Å²) >= 11 is 0. The highest BCUT2D eigenvalue weighted by molar-refractivity contribution is 6.07. The van der Waals surface area contributed by atoms with Crippen molar-refractivity contribution in [2.75, 3.05) is 37.9 Å². The predicted molar refractivity (Wildman–Crippen MR) is 144 cm³/mol. The molecule has 0 bridgehead atoms. The molecule has 1 amide bonds. The van der Waals surface area contributed by atoms with Crippen LogP contribution in [0.1, 0.15) is 12.5 Å². The summed E-state index contributed by atoms with van der Waals surface area (Å²) in [5.41, 5.74) is 1.69. The fraction of sp³-hybridized carbons (Fsp3) is 0.214. The van der Waals surface area contributed by atoms with Crippen molar-refractivity contribution >= 4 is 34.0 Å². The second-order valence-electron chi connectivity index (χ2n) is 8.56. The molecule has 0 aliphatic heterocycles. The number of aromatic nitrogens is 3. The molecule has 0 spiro atoms. The molecule has 0 radical (unpaired) electrons. The van der Waals surface area contributed by atoms with Crippen LogP contribution in [0.5, 0.6) is 17.2 Å². The van der Waals surface area contributed by atoms with E-state index in [1.165, 1.54) is 13.3 Å². The molecule has 2 heterocycles. The Bertz CT molecular complexity index is 1520. The summed E-state index contributed by atoms with van der Waals surface area (Å²) in [4.78, 5) is 26.7. The molecule has 0 aliphatic rings. The molecule has 2 N–H and O–H groups in total. The van der Waals surface area contributed by atoms with Crippen LogP contribution in [0.3, 0.4) is 0 Å². The first-order chi connectivity index (χ1) is 18.4. The summed E-state index contributed by atoms with van der Waals surface area (Å²) in [6, 6.07) is 10.6. The summed E-state index contributed by atoms with van der Waals surface area (Å²) < 4.78 is 27.7. The number of aryl methyl sites for hydroxylation is 1. The molecule has 0 atom stereocenters. The fourth-order valence-electron chi connectivity index (χ4n) is 3.59. The van der Waals surface area contributed by atoms with E-state index in [4.69, 9.17) is 9.47 Å². The molecule has 4 aromatic rings. The Hall–Kier alpha value is -4.75. The first kappa shape index (κ1) is 26.3. The number of amides is 1. The number of nitrogens with zero attached hydrogens (tertiary/aromatic N) is 4.